The summed E-state index contributed by atoms with van der Waals surface area (Å²) < 4.78 is 0. The number of amides is 1. The Hall–Kier alpha value is -2.04. The van der Waals surface area contributed by atoms with Crippen LogP contribution < -0.4 is 10.2 Å². The normalized spacial score (nSPS) is 15.2. The largest absolute Gasteiger partial charge is 0.369 e. The summed E-state index contributed by atoms with van der Waals surface area (Å²) >= 11 is 5.96. The van der Waals surface area contributed by atoms with Crippen LogP contribution in [0.5, 0.6) is 0 Å². The Morgan fingerprint density at radius 2 is 1.84 bits per heavy atom. The summed E-state index contributed by atoms with van der Waals surface area (Å²) in [5, 5.41) is 3.66. The van der Waals surface area contributed by atoms with Gasteiger partial charge in [-0.2, -0.15) is 0 Å². The fourth-order valence-corrected chi connectivity index (χ4v) is 3.31. The fraction of sp³-hybridized carbons (Fsp3) is 0.350. The molecule has 5 heteroatoms. The second-order valence-electron chi connectivity index (χ2n) is 6.51. The number of hydrogen-bond donors (Lipinski definition) is 1. The zero-order valence-electron chi connectivity index (χ0n) is 14.5. The second kappa shape index (κ2) is 8.37. The molecule has 0 spiro atoms. The molecule has 1 N–H and O–H groups in total. The van der Waals surface area contributed by atoms with Crippen LogP contribution in [0.2, 0.25) is 5.02 Å². The molecule has 1 aliphatic rings. The van der Waals surface area contributed by atoms with Crippen molar-refractivity contribution in [1.82, 2.24) is 10.2 Å². The zero-order valence-corrected chi connectivity index (χ0v) is 15.3. The Bertz CT molecular complexity index is 726. The van der Waals surface area contributed by atoms with Gasteiger partial charge in [0.15, 0.2) is 0 Å². The van der Waals surface area contributed by atoms with Crippen LogP contribution >= 0.6 is 11.6 Å². The number of carbonyl (C=O) groups excluding carboxylic acids is 1. The molecule has 0 atom stereocenters. The van der Waals surface area contributed by atoms with Crippen molar-refractivity contribution in [3.63, 3.8) is 0 Å². The van der Waals surface area contributed by atoms with E-state index in [9.17, 15) is 4.79 Å². The van der Waals surface area contributed by atoms with E-state index >= 15 is 0 Å². The first-order valence-electron chi connectivity index (χ1n) is 8.65. The Labute approximate surface area is 154 Å². The van der Waals surface area contributed by atoms with E-state index in [-0.39, 0.29) is 5.91 Å². The van der Waals surface area contributed by atoms with Gasteiger partial charge in [-0.05, 0) is 42.3 Å². The lowest BCUT2D eigenvalue weighted by molar-refractivity contribution is -0.122. The molecular formula is C20H24ClN3O. The number of nitrogens with zero attached hydrogens (tertiary/aromatic N) is 2. The van der Waals surface area contributed by atoms with Gasteiger partial charge in [0.25, 0.3) is 0 Å². The summed E-state index contributed by atoms with van der Waals surface area (Å²) in [6.07, 6.45) is 0. The molecule has 0 unspecified atom stereocenters. The highest BCUT2D eigenvalue weighted by molar-refractivity contribution is 6.30. The van der Waals surface area contributed by atoms with Crippen LogP contribution in [0.1, 0.15) is 11.1 Å². The molecule has 2 aromatic carbocycles. The zero-order chi connectivity index (χ0) is 17.6. The van der Waals surface area contributed by atoms with Crippen molar-refractivity contribution in [3.05, 3.63) is 64.7 Å². The maximum Gasteiger partial charge on any atom is 0.234 e. The highest BCUT2D eigenvalue weighted by Gasteiger charge is 2.19. The van der Waals surface area contributed by atoms with Crippen molar-refractivity contribution in [2.75, 3.05) is 37.6 Å². The molecule has 1 aliphatic heterocycles. The van der Waals surface area contributed by atoms with Crippen LogP contribution in [0.3, 0.4) is 0 Å². The first kappa shape index (κ1) is 17.8. The number of anilines is 1. The van der Waals surface area contributed by atoms with E-state index in [0.29, 0.717) is 18.1 Å². The molecule has 3 rings (SSSR count). The number of nitrogens with one attached hydrogen (secondary N) is 1. The molecule has 1 fully saturated rings. The lowest BCUT2D eigenvalue weighted by Crippen LogP contribution is -2.49. The van der Waals surface area contributed by atoms with Gasteiger partial charge in [-0.25, -0.2) is 0 Å². The van der Waals surface area contributed by atoms with Gasteiger partial charge in [0, 0.05) is 43.4 Å². The Morgan fingerprint density at radius 1 is 1.08 bits per heavy atom. The van der Waals surface area contributed by atoms with Gasteiger partial charge in [0.2, 0.25) is 5.91 Å². The first-order valence-corrected chi connectivity index (χ1v) is 9.03. The average Bonchev–Trinajstić information content (AvgIpc) is 2.61. The molecule has 0 aliphatic carbocycles. The van der Waals surface area contributed by atoms with Gasteiger partial charge in [-0.1, -0.05) is 35.9 Å². The van der Waals surface area contributed by atoms with Gasteiger partial charge in [0.1, 0.15) is 0 Å². The maximum atomic E-state index is 12.2. The van der Waals surface area contributed by atoms with Gasteiger partial charge in [-0.3, -0.25) is 9.69 Å². The predicted molar refractivity (Wildman–Crippen MR) is 103 cm³/mol. The quantitative estimate of drug-likeness (QED) is 0.893. The molecule has 0 saturated carbocycles. The van der Waals surface area contributed by atoms with E-state index in [1.54, 1.807) is 0 Å². The van der Waals surface area contributed by atoms with E-state index in [4.69, 9.17) is 11.6 Å². The lowest BCUT2D eigenvalue weighted by Gasteiger charge is -2.35. The Balaban J connectivity index is 1.43. The van der Waals surface area contributed by atoms with E-state index in [2.05, 4.69) is 46.3 Å². The summed E-state index contributed by atoms with van der Waals surface area (Å²) in [6.45, 7) is 6.78. The number of carbonyl (C=O) groups is 1. The van der Waals surface area contributed by atoms with Crippen LogP contribution in [0.15, 0.2) is 48.5 Å². The van der Waals surface area contributed by atoms with Crippen LogP contribution in [-0.4, -0.2) is 43.5 Å². The van der Waals surface area contributed by atoms with Gasteiger partial charge < -0.3 is 10.2 Å². The minimum atomic E-state index is 0.0592. The second-order valence-corrected chi connectivity index (χ2v) is 6.95. The summed E-state index contributed by atoms with van der Waals surface area (Å²) in [5.41, 5.74) is 3.57. The molecule has 1 heterocycles. The van der Waals surface area contributed by atoms with Crippen molar-refractivity contribution in [2.24, 2.45) is 0 Å². The third kappa shape index (κ3) is 5.21. The molecule has 132 valence electrons. The number of halogens is 1. The highest BCUT2D eigenvalue weighted by Crippen LogP contribution is 2.17. The first-order chi connectivity index (χ1) is 12.1. The topological polar surface area (TPSA) is 35.6 Å². The van der Waals surface area contributed by atoms with Crippen LogP contribution in [-0.2, 0) is 11.3 Å². The van der Waals surface area contributed by atoms with Crippen molar-refractivity contribution in [1.29, 1.82) is 0 Å². The highest BCUT2D eigenvalue weighted by atomic mass is 35.5. The number of aryl methyl sites for hydroxylation is 1. The van der Waals surface area contributed by atoms with Crippen molar-refractivity contribution in [3.8, 4) is 0 Å². The lowest BCUT2D eigenvalue weighted by atomic mass is 10.2. The monoisotopic (exact) mass is 357 g/mol. The average molecular weight is 358 g/mol. The number of benzene rings is 2. The summed E-state index contributed by atoms with van der Waals surface area (Å²) in [6, 6.07) is 16.2. The van der Waals surface area contributed by atoms with E-state index in [1.807, 2.05) is 24.3 Å². The number of piperazine rings is 1. The minimum Gasteiger partial charge on any atom is -0.369 e. The fourth-order valence-electron chi connectivity index (χ4n) is 3.10. The Morgan fingerprint density at radius 3 is 2.56 bits per heavy atom. The van der Waals surface area contributed by atoms with Gasteiger partial charge >= 0.3 is 0 Å². The van der Waals surface area contributed by atoms with Gasteiger partial charge in [0.05, 0.1) is 6.54 Å². The SMILES string of the molecule is Cc1cccc(N2CCN(CC(=O)NCc3cccc(Cl)c3)CC2)c1. The van der Waals surface area contributed by atoms with Crippen LogP contribution in [0.4, 0.5) is 5.69 Å². The maximum absolute atomic E-state index is 12.2. The van der Waals surface area contributed by atoms with E-state index in [0.717, 1.165) is 31.7 Å². The van der Waals surface area contributed by atoms with E-state index in [1.165, 1.54) is 11.3 Å². The van der Waals surface area contributed by atoms with Crippen LogP contribution in [0, 0.1) is 6.92 Å². The molecular weight excluding hydrogens is 334 g/mol. The number of rotatable bonds is 5. The molecule has 1 saturated heterocycles. The minimum absolute atomic E-state index is 0.0592. The molecule has 0 radical (unpaired) electrons. The number of hydrogen-bond acceptors (Lipinski definition) is 3. The molecule has 0 bridgehead atoms. The molecule has 2 aromatic rings. The van der Waals surface area contributed by atoms with Crippen molar-refractivity contribution in [2.45, 2.75) is 13.5 Å². The molecule has 4 nitrogen and oxygen atoms in total. The smallest absolute Gasteiger partial charge is 0.234 e. The third-order valence-electron chi connectivity index (χ3n) is 4.49. The summed E-state index contributed by atoms with van der Waals surface area (Å²) in [5.74, 6) is 0.0592. The third-order valence-corrected chi connectivity index (χ3v) is 4.72. The van der Waals surface area contributed by atoms with Crippen LogP contribution in [0.25, 0.3) is 0 Å². The summed E-state index contributed by atoms with van der Waals surface area (Å²) in [4.78, 5) is 16.8. The molecule has 0 aromatic heterocycles. The van der Waals surface area contributed by atoms with Gasteiger partial charge in [-0.15, -0.1) is 0 Å². The molecule has 1 amide bonds. The van der Waals surface area contributed by atoms with Crippen molar-refractivity contribution >= 4 is 23.2 Å². The van der Waals surface area contributed by atoms with Crippen molar-refractivity contribution < 1.29 is 4.79 Å². The molecule has 25 heavy (non-hydrogen) atoms. The van der Waals surface area contributed by atoms with E-state index < -0.39 is 0 Å². The summed E-state index contributed by atoms with van der Waals surface area (Å²) in [7, 11) is 0. The standard InChI is InChI=1S/C20H24ClN3O/c1-16-4-2-7-19(12-16)24-10-8-23(9-11-24)15-20(25)22-14-17-5-3-6-18(21)13-17/h2-7,12-13H,8-11,14-15H2,1H3,(H,22,25). The Kier molecular flexibility index (Phi) is 5.95. The predicted octanol–water partition coefficient (Wildman–Crippen LogP) is 3.09.